The van der Waals surface area contributed by atoms with Gasteiger partial charge in [-0.05, 0) is 24.6 Å². The van der Waals surface area contributed by atoms with Gasteiger partial charge in [0.2, 0.25) is 0 Å². The number of rotatable bonds is 3. The lowest BCUT2D eigenvalue weighted by atomic mass is 10.2. The Hall–Kier alpha value is -1.48. The summed E-state index contributed by atoms with van der Waals surface area (Å²) in [5, 5.41) is 4.07. The first-order valence-electron chi connectivity index (χ1n) is 5.13. The molecular formula is C12H14ClN3. The quantitative estimate of drug-likeness (QED) is 0.887. The van der Waals surface area contributed by atoms with E-state index in [0.717, 1.165) is 22.1 Å². The van der Waals surface area contributed by atoms with Gasteiger partial charge in [-0.3, -0.25) is 0 Å². The van der Waals surface area contributed by atoms with Gasteiger partial charge in [-0.2, -0.15) is 0 Å². The van der Waals surface area contributed by atoms with E-state index in [1.165, 1.54) is 0 Å². The first-order chi connectivity index (χ1) is 7.66. The molecule has 0 radical (unpaired) electrons. The van der Waals surface area contributed by atoms with Gasteiger partial charge in [0.05, 0.1) is 6.54 Å². The van der Waals surface area contributed by atoms with Crippen LogP contribution in [0.5, 0.6) is 0 Å². The van der Waals surface area contributed by atoms with Crippen molar-refractivity contribution in [2.45, 2.75) is 13.5 Å². The smallest absolute Gasteiger partial charge is 0.127 e. The Kier molecular flexibility index (Phi) is 3.15. The summed E-state index contributed by atoms with van der Waals surface area (Å²) in [6.45, 7) is 2.69. The molecule has 0 aliphatic heterocycles. The average Bonchev–Trinajstić information content (AvgIpc) is 2.66. The molecule has 1 aromatic heterocycles. The van der Waals surface area contributed by atoms with Crippen LogP contribution in [0.25, 0.3) is 0 Å². The van der Waals surface area contributed by atoms with Crippen LogP contribution in [0.3, 0.4) is 0 Å². The number of hydrogen-bond donors (Lipinski definition) is 1. The lowest BCUT2D eigenvalue weighted by Gasteiger charge is -2.07. The van der Waals surface area contributed by atoms with Crippen LogP contribution in [0.15, 0.2) is 30.6 Å². The molecule has 0 fully saturated rings. The summed E-state index contributed by atoms with van der Waals surface area (Å²) < 4.78 is 1.99. The van der Waals surface area contributed by atoms with Gasteiger partial charge < -0.3 is 9.88 Å². The molecule has 84 valence electrons. The van der Waals surface area contributed by atoms with Gasteiger partial charge in [0.1, 0.15) is 5.82 Å². The molecule has 0 spiro atoms. The summed E-state index contributed by atoms with van der Waals surface area (Å²) in [7, 11) is 1.98. The van der Waals surface area contributed by atoms with E-state index in [1.807, 2.05) is 42.9 Å². The van der Waals surface area contributed by atoms with Crippen LogP contribution < -0.4 is 5.32 Å². The Balaban J connectivity index is 2.05. The molecule has 0 saturated heterocycles. The zero-order valence-corrected chi connectivity index (χ0v) is 10.1. The van der Waals surface area contributed by atoms with Crippen molar-refractivity contribution in [1.29, 1.82) is 0 Å². The monoisotopic (exact) mass is 235 g/mol. The maximum absolute atomic E-state index is 6.04. The molecule has 2 rings (SSSR count). The van der Waals surface area contributed by atoms with Crippen molar-refractivity contribution < 1.29 is 0 Å². The molecule has 2 aromatic rings. The Labute approximate surface area is 100 Å². The van der Waals surface area contributed by atoms with Crippen LogP contribution in [0.1, 0.15) is 11.4 Å². The molecule has 0 saturated carbocycles. The molecule has 16 heavy (non-hydrogen) atoms. The highest BCUT2D eigenvalue weighted by molar-refractivity contribution is 6.31. The van der Waals surface area contributed by atoms with Crippen LogP contribution in [-0.2, 0) is 13.6 Å². The largest absolute Gasteiger partial charge is 0.378 e. The molecule has 0 amide bonds. The Morgan fingerprint density at radius 2 is 2.25 bits per heavy atom. The third-order valence-corrected chi connectivity index (χ3v) is 2.95. The number of halogens is 1. The summed E-state index contributed by atoms with van der Waals surface area (Å²) in [5.41, 5.74) is 2.10. The number of imidazole rings is 1. The van der Waals surface area contributed by atoms with E-state index in [2.05, 4.69) is 10.3 Å². The van der Waals surface area contributed by atoms with Gasteiger partial charge in [-0.1, -0.05) is 17.7 Å². The second kappa shape index (κ2) is 4.58. The fourth-order valence-electron chi connectivity index (χ4n) is 1.45. The van der Waals surface area contributed by atoms with Crippen molar-refractivity contribution >= 4 is 17.3 Å². The van der Waals surface area contributed by atoms with Crippen LogP contribution >= 0.6 is 11.6 Å². The van der Waals surface area contributed by atoms with Gasteiger partial charge in [0.25, 0.3) is 0 Å². The van der Waals surface area contributed by atoms with Crippen molar-refractivity contribution in [2.24, 2.45) is 7.05 Å². The summed E-state index contributed by atoms with van der Waals surface area (Å²) in [5.74, 6) is 0.997. The third-order valence-electron chi connectivity index (χ3n) is 2.54. The molecule has 0 atom stereocenters. The fraction of sp³-hybridized carbons (Fsp3) is 0.250. The molecule has 1 aromatic carbocycles. The SMILES string of the molecule is Cc1ccc(NCc2nccn2C)cc1Cl. The molecule has 0 aliphatic rings. The maximum Gasteiger partial charge on any atom is 0.127 e. The summed E-state index contributed by atoms with van der Waals surface area (Å²) in [4.78, 5) is 4.24. The van der Waals surface area contributed by atoms with Gasteiger partial charge >= 0.3 is 0 Å². The molecule has 0 aliphatic carbocycles. The Morgan fingerprint density at radius 1 is 1.44 bits per heavy atom. The second-order valence-electron chi connectivity index (χ2n) is 3.77. The minimum Gasteiger partial charge on any atom is -0.378 e. The minimum absolute atomic E-state index is 0.697. The van der Waals surface area contributed by atoms with Crippen molar-refractivity contribution in [3.05, 3.63) is 47.0 Å². The molecule has 3 nitrogen and oxygen atoms in total. The number of anilines is 1. The maximum atomic E-state index is 6.04. The molecule has 4 heteroatoms. The van der Waals surface area contributed by atoms with Gasteiger partial charge in [-0.25, -0.2) is 4.98 Å². The van der Waals surface area contributed by atoms with Crippen LogP contribution in [0, 0.1) is 6.92 Å². The van der Waals surface area contributed by atoms with Gasteiger partial charge in [0, 0.05) is 30.2 Å². The summed E-state index contributed by atoms with van der Waals surface area (Å²) in [6.07, 6.45) is 3.72. The topological polar surface area (TPSA) is 29.9 Å². The van der Waals surface area contributed by atoms with Gasteiger partial charge in [-0.15, -0.1) is 0 Å². The minimum atomic E-state index is 0.697. The Bertz CT molecular complexity index is 491. The van der Waals surface area contributed by atoms with E-state index < -0.39 is 0 Å². The van der Waals surface area contributed by atoms with E-state index >= 15 is 0 Å². The van der Waals surface area contributed by atoms with E-state index in [9.17, 15) is 0 Å². The zero-order valence-electron chi connectivity index (χ0n) is 9.37. The Morgan fingerprint density at radius 3 is 2.88 bits per heavy atom. The van der Waals surface area contributed by atoms with E-state index in [1.54, 1.807) is 6.20 Å². The van der Waals surface area contributed by atoms with Crippen molar-refractivity contribution in [3.63, 3.8) is 0 Å². The molecule has 0 unspecified atom stereocenters. The summed E-state index contributed by atoms with van der Waals surface area (Å²) >= 11 is 6.04. The number of aryl methyl sites for hydroxylation is 2. The van der Waals surface area contributed by atoms with Crippen molar-refractivity contribution in [2.75, 3.05) is 5.32 Å². The zero-order chi connectivity index (χ0) is 11.5. The van der Waals surface area contributed by atoms with Crippen LogP contribution in [-0.4, -0.2) is 9.55 Å². The van der Waals surface area contributed by atoms with Gasteiger partial charge in [0.15, 0.2) is 0 Å². The van der Waals surface area contributed by atoms with Crippen molar-refractivity contribution in [3.8, 4) is 0 Å². The van der Waals surface area contributed by atoms with Crippen LogP contribution in [0.4, 0.5) is 5.69 Å². The standard InChI is InChI=1S/C12H14ClN3/c1-9-3-4-10(7-11(9)13)15-8-12-14-5-6-16(12)2/h3-7,15H,8H2,1-2H3. The van der Waals surface area contributed by atoms with Crippen molar-refractivity contribution in [1.82, 2.24) is 9.55 Å². The lowest BCUT2D eigenvalue weighted by molar-refractivity contribution is 0.813. The molecule has 0 bridgehead atoms. The first-order valence-corrected chi connectivity index (χ1v) is 5.51. The average molecular weight is 236 g/mol. The highest BCUT2D eigenvalue weighted by Gasteiger charge is 2.00. The first kappa shape index (κ1) is 11.0. The highest BCUT2D eigenvalue weighted by atomic mass is 35.5. The molecule has 1 heterocycles. The van der Waals surface area contributed by atoms with E-state index in [-0.39, 0.29) is 0 Å². The predicted octanol–water partition coefficient (Wildman–Crippen LogP) is 2.99. The van der Waals surface area contributed by atoms with E-state index in [0.29, 0.717) is 6.54 Å². The third kappa shape index (κ3) is 2.36. The van der Waals surface area contributed by atoms with Crippen LogP contribution in [0.2, 0.25) is 5.02 Å². The fourth-order valence-corrected chi connectivity index (χ4v) is 1.63. The number of nitrogens with one attached hydrogen (secondary N) is 1. The normalized spacial score (nSPS) is 10.4. The summed E-state index contributed by atoms with van der Waals surface area (Å²) in [6, 6.07) is 5.95. The predicted molar refractivity (Wildman–Crippen MR) is 66.7 cm³/mol. The number of aromatic nitrogens is 2. The molecular weight excluding hydrogens is 222 g/mol. The second-order valence-corrected chi connectivity index (χ2v) is 4.18. The lowest BCUT2D eigenvalue weighted by Crippen LogP contribution is -2.05. The number of nitrogens with zero attached hydrogens (tertiary/aromatic N) is 2. The highest BCUT2D eigenvalue weighted by Crippen LogP contribution is 2.20. The number of hydrogen-bond acceptors (Lipinski definition) is 2. The molecule has 1 N–H and O–H groups in total. The number of benzene rings is 1. The van der Waals surface area contributed by atoms with E-state index in [4.69, 9.17) is 11.6 Å².